The molecule has 0 heterocycles. The molecule has 142 valence electrons. The van der Waals surface area contributed by atoms with E-state index in [-0.39, 0.29) is 12.4 Å². The summed E-state index contributed by atoms with van der Waals surface area (Å²) in [4.78, 5) is 0. The molecule has 5 heteroatoms. The fraction of sp³-hybridized carbons (Fsp3) is 0.429. The van der Waals surface area contributed by atoms with Crippen LogP contribution in [-0.4, -0.2) is 13.2 Å². The number of ether oxygens (including phenoxy) is 2. The van der Waals surface area contributed by atoms with E-state index in [9.17, 15) is 0 Å². The Balaban J connectivity index is 0.00000243. The fourth-order valence-electron chi connectivity index (χ4n) is 3.25. The molecule has 3 rings (SSSR count). The van der Waals surface area contributed by atoms with Gasteiger partial charge in [-0.25, -0.2) is 0 Å². The van der Waals surface area contributed by atoms with Gasteiger partial charge in [-0.05, 0) is 43.0 Å². The van der Waals surface area contributed by atoms with Crippen molar-refractivity contribution in [1.82, 2.24) is 5.32 Å². The average Bonchev–Trinajstić information content (AvgIpc) is 3.13. The van der Waals surface area contributed by atoms with Crippen LogP contribution >= 0.6 is 11.6 Å². The summed E-state index contributed by atoms with van der Waals surface area (Å²) < 4.78 is 11.4. The summed E-state index contributed by atoms with van der Waals surface area (Å²) in [5.74, 6) is 1.29. The lowest BCUT2D eigenvalue weighted by Gasteiger charge is -2.16. The quantitative estimate of drug-likeness (QED) is 0.781. The summed E-state index contributed by atoms with van der Waals surface area (Å²) in [7, 11) is 1.65. The van der Waals surface area contributed by atoms with Gasteiger partial charge in [0.15, 0.2) is 11.5 Å². The lowest BCUT2D eigenvalue weighted by atomic mass is 10.1. The highest BCUT2D eigenvalue weighted by atomic mass is 35.5. The monoisotopic (exact) mass is 394 g/mol. The van der Waals surface area contributed by atoms with Crippen LogP contribution in [0.5, 0.6) is 11.5 Å². The molecule has 1 saturated carbocycles. The molecule has 0 amide bonds. The molecule has 1 fully saturated rings. The Kier molecular flexibility index (Phi) is 8.08. The molecule has 1 aliphatic rings. The largest absolute Gasteiger partial charge is 1.00 e. The summed E-state index contributed by atoms with van der Waals surface area (Å²) in [6.45, 7) is 3.35. The number of nitrogens with one attached hydrogen (secondary N) is 1. The molecule has 0 bridgehead atoms. The number of halogens is 2. The van der Waals surface area contributed by atoms with E-state index >= 15 is 0 Å². The number of hydrogen-bond donors (Lipinski definition) is 1. The number of aryl methyl sites for hydroxylation is 1. The van der Waals surface area contributed by atoms with Crippen molar-refractivity contribution >= 4 is 11.6 Å². The van der Waals surface area contributed by atoms with E-state index in [0.29, 0.717) is 29.2 Å². The van der Waals surface area contributed by atoms with Crippen LogP contribution in [0.2, 0.25) is 5.02 Å². The second kappa shape index (κ2) is 10.1. The summed E-state index contributed by atoms with van der Waals surface area (Å²) in [6, 6.07) is 12.9. The average molecular weight is 395 g/mol. The van der Waals surface area contributed by atoms with Crippen molar-refractivity contribution in [3.05, 3.63) is 58.1 Å². The first-order valence-electron chi connectivity index (χ1n) is 8.94. The van der Waals surface area contributed by atoms with E-state index in [0.717, 1.165) is 17.7 Å². The van der Waals surface area contributed by atoms with E-state index in [2.05, 4.69) is 36.5 Å². The Bertz CT molecular complexity index is 698. The lowest BCUT2D eigenvalue weighted by molar-refractivity contribution is -0.00000572. The third-order valence-electron chi connectivity index (χ3n) is 4.74. The molecular weight excluding hydrogens is 369 g/mol. The molecule has 0 saturated heterocycles. The van der Waals surface area contributed by atoms with Gasteiger partial charge in [-0.15, -0.1) is 0 Å². The van der Waals surface area contributed by atoms with Gasteiger partial charge < -0.3 is 27.2 Å². The molecular formula is C21H26Cl2NO2-. The Labute approximate surface area is 167 Å². The van der Waals surface area contributed by atoms with Crippen LogP contribution in [0.1, 0.15) is 42.4 Å². The van der Waals surface area contributed by atoms with Crippen molar-refractivity contribution in [2.24, 2.45) is 0 Å². The zero-order chi connectivity index (χ0) is 17.6. The number of hydrogen-bond acceptors (Lipinski definition) is 3. The highest BCUT2D eigenvalue weighted by molar-refractivity contribution is 6.32. The molecule has 3 nitrogen and oxygen atoms in total. The van der Waals surface area contributed by atoms with Gasteiger partial charge in [0.05, 0.1) is 12.1 Å². The van der Waals surface area contributed by atoms with Crippen LogP contribution < -0.4 is 27.2 Å². The normalized spacial score (nSPS) is 14.1. The van der Waals surface area contributed by atoms with E-state index in [4.69, 9.17) is 21.1 Å². The van der Waals surface area contributed by atoms with Crippen LogP contribution in [0.4, 0.5) is 0 Å². The van der Waals surface area contributed by atoms with Crippen LogP contribution in [0.15, 0.2) is 36.4 Å². The lowest BCUT2D eigenvalue weighted by Crippen LogP contribution is -3.00. The van der Waals surface area contributed by atoms with Crippen molar-refractivity contribution in [3.8, 4) is 11.5 Å². The fourth-order valence-corrected chi connectivity index (χ4v) is 3.54. The van der Waals surface area contributed by atoms with Crippen LogP contribution in [0, 0.1) is 6.92 Å². The van der Waals surface area contributed by atoms with Crippen molar-refractivity contribution in [2.75, 3.05) is 7.11 Å². The number of rotatable bonds is 7. The Morgan fingerprint density at radius 3 is 2.42 bits per heavy atom. The van der Waals surface area contributed by atoms with Crippen molar-refractivity contribution in [3.63, 3.8) is 0 Å². The molecule has 1 N–H and O–H groups in total. The minimum absolute atomic E-state index is 0. The third kappa shape index (κ3) is 5.54. The summed E-state index contributed by atoms with van der Waals surface area (Å²) in [6.07, 6.45) is 5.19. The zero-order valence-electron chi connectivity index (χ0n) is 15.4. The van der Waals surface area contributed by atoms with Gasteiger partial charge in [-0.1, -0.05) is 54.3 Å². The third-order valence-corrected chi connectivity index (χ3v) is 5.02. The van der Waals surface area contributed by atoms with E-state index in [1.165, 1.54) is 31.2 Å². The molecule has 1 aliphatic carbocycles. The second-order valence-electron chi connectivity index (χ2n) is 6.75. The van der Waals surface area contributed by atoms with Crippen LogP contribution in [0.3, 0.4) is 0 Å². The molecule has 0 spiro atoms. The summed E-state index contributed by atoms with van der Waals surface area (Å²) in [5.41, 5.74) is 3.46. The highest BCUT2D eigenvalue weighted by Gasteiger charge is 2.16. The topological polar surface area (TPSA) is 30.5 Å². The first kappa shape index (κ1) is 20.9. The Hall–Kier alpha value is -1.42. The van der Waals surface area contributed by atoms with Gasteiger partial charge in [0.2, 0.25) is 0 Å². The van der Waals surface area contributed by atoms with Crippen LogP contribution in [-0.2, 0) is 13.2 Å². The molecule has 26 heavy (non-hydrogen) atoms. The van der Waals surface area contributed by atoms with Crippen LogP contribution in [0.25, 0.3) is 0 Å². The van der Waals surface area contributed by atoms with Gasteiger partial charge >= 0.3 is 0 Å². The smallest absolute Gasteiger partial charge is 0.180 e. The van der Waals surface area contributed by atoms with E-state index in [1.807, 2.05) is 12.1 Å². The predicted molar refractivity (Wildman–Crippen MR) is 103 cm³/mol. The maximum Gasteiger partial charge on any atom is 0.180 e. The number of methoxy groups -OCH3 is 1. The molecule has 0 aromatic heterocycles. The van der Waals surface area contributed by atoms with Gasteiger partial charge in [0, 0.05) is 12.6 Å². The first-order valence-corrected chi connectivity index (χ1v) is 9.31. The minimum Gasteiger partial charge on any atom is -1.00 e. The van der Waals surface area contributed by atoms with E-state index in [1.54, 1.807) is 7.11 Å². The molecule has 0 radical (unpaired) electrons. The second-order valence-corrected chi connectivity index (χ2v) is 7.15. The minimum atomic E-state index is 0. The first-order chi connectivity index (χ1) is 12.2. The summed E-state index contributed by atoms with van der Waals surface area (Å²) >= 11 is 6.47. The Morgan fingerprint density at radius 1 is 1.08 bits per heavy atom. The maximum atomic E-state index is 6.47. The van der Waals surface area contributed by atoms with Gasteiger partial charge in [0.1, 0.15) is 6.61 Å². The maximum absolute atomic E-state index is 6.47. The van der Waals surface area contributed by atoms with Gasteiger partial charge in [-0.2, -0.15) is 0 Å². The zero-order valence-corrected chi connectivity index (χ0v) is 16.9. The predicted octanol–water partition coefficient (Wildman–Crippen LogP) is 2.27. The highest BCUT2D eigenvalue weighted by Crippen LogP contribution is 2.37. The molecule has 0 unspecified atom stereocenters. The van der Waals surface area contributed by atoms with Crippen molar-refractivity contribution < 1.29 is 21.9 Å². The standard InChI is InChI=1S/C21H26ClNO2.ClH/c1-15-7-9-16(10-8-15)14-25-21-19(22)11-17(12-20(21)24-2)13-23-18-5-3-4-6-18;/h7-12,18,23H,3-6,13-14H2,1-2H3;1H/p-1. The van der Waals surface area contributed by atoms with Crippen molar-refractivity contribution in [1.29, 1.82) is 0 Å². The molecule has 0 aliphatic heterocycles. The summed E-state index contributed by atoms with van der Waals surface area (Å²) in [5, 5.41) is 4.20. The molecule has 2 aromatic rings. The molecule has 0 atom stereocenters. The van der Waals surface area contributed by atoms with Gasteiger partial charge in [-0.3, -0.25) is 0 Å². The van der Waals surface area contributed by atoms with E-state index < -0.39 is 0 Å². The number of benzene rings is 2. The Morgan fingerprint density at radius 2 is 1.77 bits per heavy atom. The molecule has 2 aromatic carbocycles. The van der Waals surface area contributed by atoms with Crippen molar-refractivity contribution in [2.45, 2.75) is 51.8 Å². The SMILES string of the molecule is COc1cc(CNC2CCCC2)cc(Cl)c1OCc1ccc(C)cc1.[Cl-]. The van der Waals surface area contributed by atoms with Gasteiger partial charge in [0.25, 0.3) is 0 Å².